The first kappa shape index (κ1) is 18.4. The Morgan fingerprint density at radius 2 is 2.12 bits per heavy atom. The number of morpholine rings is 1. The first-order chi connectivity index (χ1) is 12.4. The first-order valence-electron chi connectivity index (χ1n) is 8.29. The zero-order chi connectivity index (χ0) is 18.7. The predicted octanol–water partition coefficient (Wildman–Crippen LogP) is 2.63. The molecule has 1 amide bonds. The van der Waals surface area contributed by atoms with Crippen LogP contribution in [0.2, 0.25) is 5.02 Å². The van der Waals surface area contributed by atoms with E-state index in [1.54, 1.807) is 19.2 Å². The Hall–Kier alpha value is -2.38. The van der Waals surface area contributed by atoms with Crippen molar-refractivity contribution in [2.24, 2.45) is 0 Å². The van der Waals surface area contributed by atoms with E-state index in [1.165, 1.54) is 4.90 Å². The second kappa shape index (κ2) is 7.88. The van der Waals surface area contributed by atoms with Gasteiger partial charge < -0.3 is 19.2 Å². The van der Waals surface area contributed by atoms with E-state index in [0.29, 0.717) is 29.6 Å². The third kappa shape index (κ3) is 4.23. The molecule has 1 N–H and O–H groups in total. The quantitative estimate of drug-likeness (QED) is 0.859. The van der Waals surface area contributed by atoms with Crippen molar-refractivity contribution in [1.82, 2.24) is 9.88 Å². The number of carbonyl (C=O) groups excluding carboxylic acids is 1. The zero-order valence-corrected chi connectivity index (χ0v) is 15.0. The van der Waals surface area contributed by atoms with Gasteiger partial charge in [0.05, 0.1) is 23.9 Å². The molecule has 2 aromatic rings. The summed E-state index contributed by atoms with van der Waals surface area (Å²) in [6.07, 6.45) is 0.783. The lowest BCUT2D eigenvalue weighted by Crippen LogP contribution is -2.51. The summed E-state index contributed by atoms with van der Waals surface area (Å²) in [5, 5.41) is 9.66. The van der Waals surface area contributed by atoms with E-state index >= 15 is 0 Å². The van der Waals surface area contributed by atoms with Crippen molar-refractivity contribution in [3.8, 4) is 11.3 Å². The number of aromatic nitrogens is 1. The fourth-order valence-electron chi connectivity index (χ4n) is 2.87. The van der Waals surface area contributed by atoms with Crippen LogP contribution < -0.4 is 0 Å². The summed E-state index contributed by atoms with van der Waals surface area (Å²) >= 11 is 6.14. The molecule has 1 aliphatic rings. The lowest BCUT2D eigenvalue weighted by molar-refractivity contribution is -0.166. The summed E-state index contributed by atoms with van der Waals surface area (Å²) in [4.78, 5) is 29.2. The van der Waals surface area contributed by atoms with Crippen LogP contribution in [0, 0.1) is 0 Å². The molecule has 0 bridgehead atoms. The highest BCUT2D eigenvalue weighted by Crippen LogP contribution is 2.28. The number of ether oxygens (including phenoxy) is 1. The second-order valence-corrected chi connectivity index (χ2v) is 6.58. The highest BCUT2D eigenvalue weighted by atomic mass is 35.5. The minimum absolute atomic E-state index is 0.0506. The maximum atomic E-state index is 12.4. The van der Waals surface area contributed by atoms with Gasteiger partial charge >= 0.3 is 5.97 Å². The van der Waals surface area contributed by atoms with Gasteiger partial charge in [0.15, 0.2) is 17.8 Å². The highest BCUT2D eigenvalue weighted by molar-refractivity contribution is 6.33. The topological polar surface area (TPSA) is 92.9 Å². The fraction of sp³-hybridized carbons (Fsp3) is 0.389. The largest absolute Gasteiger partial charge is 0.479 e. The number of amides is 1. The van der Waals surface area contributed by atoms with Gasteiger partial charge in [0.2, 0.25) is 5.91 Å². The molecular formula is C18H19ClN2O5. The standard InChI is InChI=1S/C18H19ClN2O5/c1-11-9-21(10-15(25-11)18(23)24)17(22)7-6-16-20-8-14(26-16)12-4-2-3-5-13(12)19/h2-5,8,11,15H,6-7,9-10H2,1H3,(H,23,24)/t11-,15?/m1/s1. The Morgan fingerprint density at radius 1 is 1.35 bits per heavy atom. The van der Waals surface area contributed by atoms with E-state index in [1.807, 2.05) is 18.2 Å². The number of carboxylic acids is 1. The third-order valence-electron chi connectivity index (χ3n) is 4.13. The SMILES string of the molecule is C[C@@H]1CN(C(=O)CCc2ncc(-c3ccccc3Cl)o2)CC(C(=O)O)O1. The van der Waals surface area contributed by atoms with Crippen LogP contribution in [0.25, 0.3) is 11.3 Å². The number of aryl methyl sites for hydroxylation is 1. The van der Waals surface area contributed by atoms with Gasteiger partial charge in [0.25, 0.3) is 0 Å². The molecule has 1 aromatic carbocycles. The van der Waals surface area contributed by atoms with Crippen molar-refractivity contribution >= 4 is 23.5 Å². The maximum Gasteiger partial charge on any atom is 0.334 e. The van der Waals surface area contributed by atoms with Gasteiger partial charge in [-0.05, 0) is 19.1 Å². The van der Waals surface area contributed by atoms with Crippen LogP contribution >= 0.6 is 11.6 Å². The first-order valence-corrected chi connectivity index (χ1v) is 8.67. The Kier molecular flexibility index (Phi) is 5.58. The third-order valence-corrected chi connectivity index (χ3v) is 4.46. The monoisotopic (exact) mass is 378 g/mol. The molecule has 7 nitrogen and oxygen atoms in total. The van der Waals surface area contributed by atoms with Gasteiger partial charge in [-0.3, -0.25) is 4.79 Å². The van der Waals surface area contributed by atoms with Crippen molar-refractivity contribution in [2.45, 2.75) is 32.0 Å². The van der Waals surface area contributed by atoms with Crippen molar-refractivity contribution in [3.05, 3.63) is 41.4 Å². The molecule has 0 aliphatic carbocycles. The molecule has 2 atom stereocenters. The predicted molar refractivity (Wildman–Crippen MR) is 93.8 cm³/mol. The van der Waals surface area contributed by atoms with E-state index < -0.39 is 12.1 Å². The number of halogens is 1. The van der Waals surface area contributed by atoms with E-state index in [2.05, 4.69) is 4.98 Å². The van der Waals surface area contributed by atoms with E-state index in [4.69, 9.17) is 25.9 Å². The van der Waals surface area contributed by atoms with E-state index in [0.717, 1.165) is 5.56 Å². The van der Waals surface area contributed by atoms with Crippen LogP contribution in [0.1, 0.15) is 19.2 Å². The van der Waals surface area contributed by atoms with E-state index in [-0.39, 0.29) is 25.0 Å². The lowest BCUT2D eigenvalue weighted by Gasteiger charge is -2.34. The number of rotatable bonds is 5. The number of oxazole rings is 1. The van der Waals surface area contributed by atoms with Crippen LogP contribution in [0.3, 0.4) is 0 Å². The van der Waals surface area contributed by atoms with Gasteiger partial charge in [-0.15, -0.1) is 0 Å². The van der Waals surface area contributed by atoms with Crippen molar-refractivity contribution in [1.29, 1.82) is 0 Å². The van der Waals surface area contributed by atoms with Crippen molar-refractivity contribution in [3.63, 3.8) is 0 Å². The molecule has 8 heteroatoms. The van der Waals surface area contributed by atoms with Crippen LogP contribution in [0.15, 0.2) is 34.9 Å². The number of nitrogens with zero attached hydrogens (tertiary/aromatic N) is 2. The van der Waals surface area contributed by atoms with Gasteiger partial charge in [-0.1, -0.05) is 23.7 Å². The van der Waals surface area contributed by atoms with Gasteiger partial charge in [-0.2, -0.15) is 0 Å². The average molecular weight is 379 g/mol. The Labute approximate surface area is 155 Å². The zero-order valence-electron chi connectivity index (χ0n) is 14.2. The molecule has 0 radical (unpaired) electrons. The molecule has 0 saturated carbocycles. The summed E-state index contributed by atoms with van der Waals surface area (Å²) in [5.74, 6) is -0.233. The van der Waals surface area contributed by atoms with Crippen LogP contribution in [0.5, 0.6) is 0 Å². The smallest absolute Gasteiger partial charge is 0.334 e. The van der Waals surface area contributed by atoms with Gasteiger partial charge in [-0.25, -0.2) is 9.78 Å². The van der Waals surface area contributed by atoms with Crippen molar-refractivity contribution < 1.29 is 23.8 Å². The average Bonchev–Trinajstić information content (AvgIpc) is 3.08. The minimum atomic E-state index is -1.06. The molecule has 1 saturated heterocycles. The Balaban J connectivity index is 1.60. The van der Waals surface area contributed by atoms with Crippen LogP contribution in [0.4, 0.5) is 0 Å². The number of benzene rings is 1. The number of hydrogen-bond donors (Lipinski definition) is 1. The number of carbonyl (C=O) groups is 2. The molecule has 3 rings (SSSR count). The Morgan fingerprint density at radius 3 is 2.85 bits per heavy atom. The Bertz CT molecular complexity index is 806. The molecule has 1 fully saturated rings. The highest BCUT2D eigenvalue weighted by Gasteiger charge is 2.32. The number of aliphatic carboxylic acids is 1. The number of hydrogen-bond acceptors (Lipinski definition) is 5. The molecule has 0 spiro atoms. The second-order valence-electron chi connectivity index (χ2n) is 6.17. The van der Waals surface area contributed by atoms with E-state index in [9.17, 15) is 9.59 Å². The molecule has 138 valence electrons. The minimum Gasteiger partial charge on any atom is -0.479 e. The van der Waals surface area contributed by atoms with Gasteiger partial charge in [0, 0.05) is 24.9 Å². The fourth-order valence-corrected chi connectivity index (χ4v) is 3.10. The van der Waals surface area contributed by atoms with Gasteiger partial charge in [0.1, 0.15) is 0 Å². The maximum absolute atomic E-state index is 12.4. The summed E-state index contributed by atoms with van der Waals surface area (Å²) in [6, 6.07) is 7.28. The van der Waals surface area contributed by atoms with Crippen LogP contribution in [-0.4, -0.2) is 52.2 Å². The molecule has 2 heterocycles. The van der Waals surface area contributed by atoms with Crippen molar-refractivity contribution in [2.75, 3.05) is 13.1 Å². The normalized spacial score (nSPS) is 20.2. The molecule has 1 aliphatic heterocycles. The molecule has 1 unspecified atom stereocenters. The molecular weight excluding hydrogens is 360 g/mol. The number of carboxylic acid groups (broad SMARTS) is 1. The summed E-state index contributed by atoms with van der Waals surface area (Å²) in [7, 11) is 0. The lowest BCUT2D eigenvalue weighted by atomic mass is 10.2. The summed E-state index contributed by atoms with van der Waals surface area (Å²) in [5.41, 5.74) is 0.741. The molecule has 1 aromatic heterocycles. The molecule has 26 heavy (non-hydrogen) atoms. The van der Waals surface area contributed by atoms with Crippen LogP contribution in [-0.2, 0) is 20.7 Å². The summed E-state index contributed by atoms with van der Waals surface area (Å²) < 4.78 is 11.0. The summed E-state index contributed by atoms with van der Waals surface area (Å²) in [6.45, 7) is 2.17.